The van der Waals surface area contributed by atoms with Crippen molar-refractivity contribution in [3.05, 3.63) is 0 Å². The highest BCUT2D eigenvalue weighted by molar-refractivity contribution is 5.82. The van der Waals surface area contributed by atoms with E-state index in [0.717, 1.165) is 19.4 Å². The van der Waals surface area contributed by atoms with E-state index in [1.165, 1.54) is 4.90 Å². The van der Waals surface area contributed by atoms with Gasteiger partial charge in [0.05, 0.1) is 6.10 Å². The van der Waals surface area contributed by atoms with Crippen molar-refractivity contribution >= 4 is 12.0 Å². The lowest BCUT2D eigenvalue weighted by atomic mass is 10.1. The SMILES string of the molecule is COCCCC(NC(=O)N(C)CC1CCCO1)C(=O)O. The monoisotopic (exact) mass is 288 g/mol. The third-order valence-corrected chi connectivity index (χ3v) is 3.29. The molecule has 1 heterocycles. The fourth-order valence-electron chi connectivity index (χ4n) is 2.13. The third kappa shape index (κ3) is 5.75. The Morgan fingerprint density at radius 3 is 2.85 bits per heavy atom. The Bertz CT molecular complexity index is 318. The molecule has 7 nitrogen and oxygen atoms in total. The van der Waals surface area contributed by atoms with Crippen LogP contribution in [0.3, 0.4) is 0 Å². The van der Waals surface area contributed by atoms with Gasteiger partial charge in [-0.2, -0.15) is 0 Å². The summed E-state index contributed by atoms with van der Waals surface area (Å²) in [6.45, 7) is 1.69. The fraction of sp³-hybridized carbons (Fsp3) is 0.846. The van der Waals surface area contributed by atoms with E-state index in [1.54, 1.807) is 14.2 Å². The Morgan fingerprint density at radius 2 is 2.30 bits per heavy atom. The summed E-state index contributed by atoms with van der Waals surface area (Å²) in [5.41, 5.74) is 0. The topological polar surface area (TPSA) is 88.1 Å². The van der Waals surface area contributed by atoms with Crippen molar-refractivity contribution in [2.45, 2.75) is 37.8 Å². The Labute approximate surface area is 119 Å². The first-order valence-electron chi connectivity index (χ1n) is 6.89. The number of urea groups is 1. The van der Waals surface area contributed by atoms with Gasteiger partial charge in [0.15, 0.2) is 0 Å². The van der Waals surface area contributed by atoms with Crippen LogP contribution in [0.1, 0.15) is 25.7 Å². The van der Waals surface area contributed by atoms with Crippen LogP contribution < -0.4 is 5.32 Å². The Balaban J connectivity index is 2.37. The first-order valence-corrected chi connectivity index (χ1v) is 6.89. The van der Waals surface area contributed by atoms with E-state index in [0.29, 0.717) is 26.0 Å². The third-order valence-electron chi connectivity index (χ3n) is 3.29. The number of ether oxygens (including phenoxy) is 2. The van der Waals surface area contributed by atoms with Gasteiger partial charge in [-0.3, -0.25) is 0 Å². The molecule has 116 valence electrons. The van der Waals surface area contributed by atoms with Gasteiger partial charge in [0.2, 0.25) is 0 Å². The number of carbonyl (C=O) groups is 2. The zero-order chi connectivity index (χ0) is 15.0. The van der Waals surface area contributed by atoms with Crippen molar-refractivity contribution in [1.29, 1.82) is 0 Å². The first-order chi connectivity index (χ1) is 9.54. The van der Waals surface area contributed by atoms with Crippen LogP contribution in [-0.2, 0) is 14.3 Å². The number of hydrogen-bond acceptors (Lipinski definition) is 4. The molecule has 0 saturated carbocycles. The minimum atomic E-state index is -1.03. The average Bonchev–Trinajstić information content (AvgIpc) is 2.90. The predicted octanol–water partition coefficient (Wildman–Crippen LogP) is 0.687. The molecule has 2 atom stereocenters. The molecule has 0 bridgehead atoms. The maximum absolute atomic E-state index is 11.9. The van der Waals surface area contributed by atoms with Crippen LogP contribution in [-0.4, -0.2) is 68.1 Å². The van der Waals surface area contributed by atoms with Crippen LogP contribution >= 0.6 is 0 Å². The lowest BCUT2D eigenvalue weighted by molar-refractivity contribution is -0.139. The van der Waals surface area contributed by atoms with Crippen molar-refractivity contribution < 1.29 is 24.2 Å². The van der Waals surface area contributed by atoms with Gasteiger partial charge in [0.1, 0.15) is 6.04 Å². The van der Waals surface area contributed by atoms with Crippen molar-refractivity contribution in [2.24, 2.45) is 0 Å². The number of aliphatic carboxylic acids is 1. The number of hydrogen-bond donors (Lipinski definition) is 2. The van der Waals surface area contributed by atoms with Gasteiger partial charge in [-0.15, -0.1) is 0 Å². The highest BCUT2D eigenvalue weighted by atomic mass is 16.5. The van der Waals surface area contributed by atoms with E-state index in [2.05, 4.69) is 5.32 Å². The van der Waals surface area contributed by atoms with Gasteiger partial charge in [-0.25, -0.2) is 9.59 Å². The zero-order valence-corrected chi connectivity index (χ0v) is 12.1. The summed E-state index contributed by atoms with van der Waals surface area (Å²) in [4.78, 5) is 24.5. The Kier molecular flexibility index (Phi) is 7.32. The summed E-state index contributed by atoms with van der Waals surface area (Å²) < 4.78 is 10.3. The molecule has 2 unspecified atom stereocenters. The fourth-order valence-corrected chi connectivity index (χ4v) is 2.13. The summed E-state index contributed by atoms with van der Waals surface area (Å²) in [6, 6.07) is -1.27. The molecule has 1 fully saturated rings. The summed E-state index contributed by atoms with van der Waals surface area (Å²) in [6.07, 6.45) is 2.94. The quantitative estimate of drug-likeness (QED) is 0.641. The van der Waals surface area contributed by atoms with Crippen LogP contribution in [0.15, 0.2) is 0 Å². The number of amides is 2. The molecular weight excluding hydrogens is 264 g/mol. The summed E-state index contributed by atoms with van der Waals surface area (Å²) >= 11 is 0. The van der Waals surface area contributed by atoms with Crippen LogP contribution in [0.5, 0.6) is 0 Å². The number of nitrogens with zero attached hydrogens (tertiary/aromatic N) is 1. The highest BCUT2D eigenvalue weighted by Gasteiger charge is 2.24. The number of methoxy groups -OCH3 is 1. The average molecular weight is 288 g/mol. The second-order valence-corrected chi connectivity index (χ2v) is 4.99. The molecule has 7 heteroatoms. The van der Waals surface area contributed by atoms with Gasteiger partial charge in [-0.1, -0.05) is 0 Å². The molecular formula is C13H24N2O5. The van der Waals surface area contributed by atoms with Crippen molar-refractivity contribution in [3.8, 4) is 0 Å². The van der Waals surface area contributed by atoms with E-state index in [4.69, 9.17) is 14.6 Å². The van der Waals surface area contributed by atoms with Gasteiger partial charge in [0, 0.05) is 33.9 Å². The standard InChI is InChI=1S/C13H24N2O5/c1-15(9-10-5-3-8-20-10)13(18)14-11(12(16)17)6-4-7-19-2/h10-11H,3-9H2,1-2H3,(H,14,18)(H,16,17). The molecule has 1 saturated heterocycles. The van der Waals surface area contributed by atoms with Gasteiger partial charge in [-0.05, 0) is 25.7 Å². The molecule has 0 aromatic heterocycles. The van der Waals surface area contributed by atoms with Crippen molar-refractivity contribution in [3.63, 3.8) is 0 Å². The smallest absolute Gasteiger partial charge is 0.326 e. The number of likely N-dealkylation sites (N-methyl/N-ethyl adjacent to an activating group) is 1. The van der Waals surface area contributed by atoms with Crippen LogP contribution in [0, 0.1) is 0 Å². The van der Waals surface area contributed by atoms with E-state index >= 15 is 0 Å². The number of carboxylic acids is 1. The van der Waals surface area contributed by atoms with Crippen molar-refractivity contribution in [1.82, 2.24) is 10.2 Å². The summed E-state index contributed by atoms with van der Waals surface area (Å²) in [7, 11) is 3.20. The molecule has 1 aliphatic rings. The molecule has 2 amide bonds. The first kappa shape index (κ1) is 16.7. The second kappa shape index (κ2) is 8.76. The minimum absolute atomic E-state index is 0.0579. The molecule has 2 N–H and O–H groups in total. The van der Waals surface area contributed by atoms with Crippen molar-refractivity contribution in [2.75, 3.05) is 33.9 Å². The lowest BCUT2D eigenvalue weighted by Crippen LogP contribution is -2.48. The molecule has 0 aromatic carbocycles. The maximum Gasteiger partial charge on any atom is 0.326 e. The van der Waals surface area contributed by atoms with E-state index in [1.807, 2.05) is 0 Å². The molecule has 1 aliphatic heterocycles. The maximum atomic E-state index is 11.9. The van der Waals surface area contributed by atoms with Crippen LogP contribution in [0.4, 0.5) is 4.79 Å². The normalized spacial score (nSPS) is 19.6. The predicted molar refractivity (Wildman–Crippen MR) is 72.7 cm³/mol. The van der Waals surface area contributed by atoms with Crippen LogP contribution in [0.25, 0.3) is 0 Å². The van der Waals surface area contributed by atoms with Gasteiger partial charge >= 0.3 is 12.0 Å². The summed E-state index contributed by atoms with van der Waals surface area (Å²) in [5, 5.41) is 11.6. The minimum Gasteiger partial charge on any atom is -0.480 e. The highest BCUT2D eigenvalue weighted by Crippen LogP contribution is 2.12. The molecule has 1 rings (SSSR count). The Morgan fingerprint density at radius 1 is 1.55 bits per heavy atom. The number of carboxylic acid groups (broad SMARTS) is 1. The lowest BCUT2D eigenvalue weighted by Gasteiger charge is -2.23. The summed E-state index contributed by atoms with van der Waals surface area (Å²) in [5.74, 6) is -1.03. The molecule has 0 spiro atoms. The van der Waals surface area contributed by atoms with Gasteiger partial charge < -0.3 is 24.8 Å². The van der Waals surface area contributed by atoms with E-state index in [9.17, 15) is 9.59 Å². The number of carbonyl (C=O) groups excluding carboxylic acids is 1. The molecule has 0 radical (unpaired) electrons. The largest absolute Gasteiger partial charge is 0.480 e. The molecule has 20 heavy (non-hydrogen) atoms. The Hall–Kier alpha value is -1.34. The van der Waals surface area contributed by atoms with Crippen LogP contribution in [0.2, 0.25) is 0 Å². The zero-order valence-electron chi connectivity index (χ0n) is 12.1. The van der Waals surface area contributed by atoms with E-state index < -0.39 is 12.0 Å². The van der Waals surface area contributed by atoms with E-state index in [-0.39, 0.29) is 12.1 Å². The molecule has 0 aliphatic carbocycles. The number of nitrogens with one attached hydrogen (secondary N) is 1. The second-order valence-electron chi connectivity index (χ2n) is 4.99. The van der Waals surface area contributed by atoms with Gasteiger partial charge in [0.25, 0.3) is 0 Å². The molecule has 0 aromatic rings. The number of rotatable bonds is 8.